The largest absolute Gasteiger partial charge is 0.497 e. The van der Waals surface area contributed by atoms with Crippen LogP contribution in [0.1, 0.15) is 23.6 Å². The number of amides is 2. The van der Waals surface area contributed by atoms with Gasteiger partial charge in [0.15, 0.2) is 0 Å². The van der Waals surface area contributed by atoms with Gasteiger partial charge in [0.2, 0.25) is 5.91 Å². The van der Waals surface area contributed by atoms with E-state index in [0.29, 0.717) is 12.2 Å². The third-order valence-corrected chi connectivity index (χ3v) is 5.15. The lowest BCUT2D eigenvalue weighted by molar-refractivity contribution is -0.142. The number of hydrazone groups is 1. The van der Waals surface area contributed by atoms with Crippen molar-refractivity contribution in [1.82, 2.24) is 9.91 Å². The first-order chi connectivity index (χ1) is 15.0. The molecule has 0 saturated heterocycles. The molecule has 0 aliphatic carbocycles. The van der Waals surface area contributed by atoms with Crippen LogP contribution < -0.4 is 9.47 Å². The van der Waals surface area contributed by atoms with Crippen LogP contribution in [-0.2, 0) is 14.3 Å². The number of para-hydroxylation sites is 1. The minimum absolute atomic E-state index is 0.0833. The van der Waals surface area contributed by atoms with E-state index in [2.05, 4.69) is 5.10 Å². The second-order valence-electron chi connectivity index (χ2n) is 7.16. The summed E-state index contributed by atoms with van der Waals surface area (Å²) in [6, 6.07) is 14.8. The molecule has 2 amide bonds. The fraction of sp³-hybridized carbons (Fsp3) is 0.348. The first-order valence-corrected chi connectivity index (χ1v) is 9.88. The van der Waals surface area contributed by atoms with Gasteiger partial charge in [-0.05, 0) is 35.9 Å². The Morgan fingerprint density at radius 1 is 1.06 bits per heavy atom. The normalized spacial score (nSPS) is 15.4. The molecule has 0 saturated carbocycles. The van der Waals surface area contributed by atoms with Crippen molar-refractivity contribution in [3.63, 3.8) is 0 Å². The van der Waals surface area contributed by atoms with E-state index in [9.17, 15) is 9.59 Å². The van der Waals surface area contributed by atoms with Crippen molar-refractivity contribution in [2.24, 2.45) is 5.10 Å². The highest BCUT2D eigenvalue weighted by atomic mass is 16.5. The maximum absolute atomic E-state index is 13.1. The zero-order chi connectivity index (χ0) is 22.4. The molecule has 0 fully saturated rings. The number of hydrogen-bond donors (Lipinski definition) is 0. The van der Waals surface area contributed by atoms with Gasteiger partial charge in [-0.25, -0.2) is 5.01 Å². The van der Waals surface area contributed by atoms with Gasteiger partial charge >= 0.3 is 0 Å². The summed E-state index contributed by atoms with van der Waals surface area (Å²) in [6.45, 7) is -0.187. The lowest BCUT2D eigenvalue weighted by atomic mass is 9.97. The molecule has 2 aromatic carbocycles. The zero-order valence-corrected chi connectivity index (χ0v) is 18.2. The first kappa shape index (κ1) is 22.3. The standard InChI is InChI=1S/C23H27N3O5/c1-25(23(28)15-29-2)14-22(27)26-20(18-7-5-6-8-21(18)31-4)13-19(24-26)16-9-11-17(30-3)12-10-16/h5-12,20H,13-15H2,1-4H3/t20-/m0/s1. The minimum Gasteiger partial charge on any atom is -0.497 e. The molecule has 1 atom stereocenters. The van der Waals surface area contributed by atoms with Gasteiger partial charge in [-0.1, -0.05) is 18.2 Å². The van der Waals surface area contributed by atoms with Crippen LogP contribution >= 0.6 is 0 Å². The lowest BCUT2D eigenvalue weighted by Gasteiger charge is -2.25. The Balaban J connectivity index is 1.91. The number of rotatable bonds is 8. The van der Waals surface area contributed by atoms with Crippen molar-refractivity contribution in [1.29, 1.82) is 0 Å². The molecule has 1 aliphatic heterocycles. The number of likely N-dealkylation sites (N-methyl/N-ethyl adjacent to an activating group) is 1. The van der Waals surface area contributed by atoms with E-state index < -0.39 is 0 Å². The summed E-state index contributed by atoms with van der Waals surface area (Å²) in [4.78, 5) is 26.5. The van der Waals surface area contributed by atoms with Crippen molar-refractivity contribution in [3.8, 4) is 11.5 Å². The summed E-state index contributed by atoms with van der Waals surface area (Å²) >= 11 is 0. The molecule has 0 aromatic heterocycles. The van der Waals surface area contributed by atoms with Crippen molar-refractivity contribution >= 4 is 17.5 Å². The number of benzene rings is 2. The van der Waals surface area contributed by atoms with E-state index in [1.807, 2.05) is 48.5 Å². The average molecular weight is 425 g/mol. The van der Waals surface area contributed by atoms with Gasteiger partial charge in [-0.2, -0.15) is 5.10 Å². The Bertz CT molecular complexity index is 958. The van der Waals surface area contributed by atoms with Crippen molar-refractivity contribution in [2.75, 3.05) is 41.5 Å². The van der Waals surface area contributed by atoms with E-state index in [1.54, 1.807) is 21.3 Å². The highest BCUT2D eigenvalue weighted by Gasteiger charge is 2.35. The monoisotopic (exact) mass is 425 g/mol. The van der Waals surface area contributed by atoms with Crippen molar-refractivity contribution in [2.45, 2.75) is 12.5 Å². The predicted molar refractivity (Wildman–Crippen MR) is 116 cm³/mol. The van der Waals surface area contributed by atoms with Gasteiger partial charge in [0, 0.05) is 26.1 Å². The van der Waals surface area contributed by atoms with E-state index in [1.165, 1.54) is 17.0 Å². The van der Waals surface area contributed by atoms with Gasteiger partial charge in [0.1, 0.15) is 24.7 Å². The lowest BCUT2D eigenvalue weighted by Crippen LogP contribution is -2.40. The van der Waals surface area contributed by atoms with Crippen LogP contribution in [0.5, 0.6) is 11.5 Å². The molecule has 2 aromatic rings. The van der Waals surface area contributed by atoms with Crippen LogP contribution in [0.3, 0.4) is 0 Å². The minimum atomic E-state index is -0.341. The van der Waals surface area contributed by atoms with Crippen molar-refractivity contribution < 1.29 is 23.8 Å². The predicted octanol–water partition coefficient (Wildman–Crippen LogP) is 2.49. The molecule has 8 heteroatoms. The summed E-state index contributed by atoms with van der Waals surface area (Å²) in [5, 5.41) is 6.09. The molecule has 0 unspecified atom stereocenters. The zero-order valence-electron chi connectivity index (χ0n) is 18.2. The van der Waals surface area contributed by atoms with Crippen LogP contribution in [0.4, 0.5) is 0 Å². The Hall–Kier alpha value is -3.39. The van der Waals surface area contributed by atoms with Gasteiger partial charge < -0.3 is 19.1 Å². The van der Waals surface area contributed by atoms with E-state index in [4.69, 9.17) is 14.2 Å². The summed E-state index contributed by atoms with van der Waals surface area (Å²) in [7, 11) is 6.22. The number of ether oxygens (including phenoxy) is 3. The number of methoxy groups -OCH3 is 3. The summed E-state index contributed by atoms with van der Waals surface area (Å²) in [5.41, 5.74) is 2.54. The molecule has 164 valence electrons. The molecular formula is C23H27N3O5. The van der Waals surface area contributed by atoms with Gasteiger partial charge in [-0.15, -0.1) is 0 Å². The van der Waals surface area contributed by atoms with E-state index in [-0.39, 0.29) is 31.0 Å². The Labute approximate surface area is 182 Å². The molecule has 8 nitrogen and oxygen atoms in total. The third-order valence-electron chi connectivity index (χ3n) is 5.15. The number of nitrogens with zero attached hydrogens (tertiary/aromatic N) is 3. The smallest absolute Gasteiger partial charge is 0.262 e. The molecular weight excluding hydrogens is 398 g/mol. The maximum atomic E-state index is 13.1. The van der Waals surface area contributed by atoms with E-state index in [0.717, 1.165) is 22.6 Å². The quantitative estimate of drug-likeness (QED) is 0.649. The third kappa shape index (κ3) is 5.03. The van der Waals surface area contributed by atoms with Crippen molar-refractivity contribution in [3.05, 3.63) is 59.7 Å². The maximum Gasteiger partial charge on any atom is 0.262 e. The van der Waals surface area contributed by atoms with Crippen LogP contribution in [0, 0.1) is 0 Å². The molecule has 0 radical (unpaired) electrons. The van der Waals surface area contributed by atoms with Crippen LogP contribution in [0.2, 0.25) is 0 Å². The van der Waals surface area contributed by atoms with Gasteiger partial charge in [-0.3, -0.25) is 9.59 Å². The fourth-order valence-electron chi connectivity index (χ4n) is 3.48. The first-order valence-electron chi connectivity index (χ1n) is 9.88. The Morgan fingerprint density at radius 3 is 2.42 bits per heavy atom. The average Bonchev–Trinajstić information content (AvgIpc) is 3.24. The molecule has 1 heterocycles. The second-order valence-corrected chi connectivity index (χ2v) is 7.16. The molecule has 0 spiro atoms. The van der Waals surface area contributed by atoms with Crippen LogP contribution in [0.15, 0.2) is 53.6 Å². The SMILES string of the molecule is COCC(=O)N(C)CC(=O)N1N=C(c2ccc(OC)cc2)C[C@H]1c1ccccc1OC. The molecule has 0 bridgehead atoms. The number of carbonyl (C=O) groups excluding carboxylic acids is 2. The number of carbonyl (C=O) groups is 2. The highest BCUT2D eigenvalue weighted by molar-refractivity contribution is 6.03. The Kier molecular flexibility index (Phi) is 7.25. The number of hydrogen-bond acceptors (Lipinski definition) is 6. The van der Waals surface area contributed by atoms with Gasteiger partial charge in [0.05, 0.1) is 26.0 Å². The Morgan fingerprint density at radius 2 is 1.77 bits per heavy atom. The van der Waals surface area contributed by atoms with Gasteiger partial charge in [0.25, 0.3) is 5.91 Å². The topological polar surface area (TPSA) is 80.7 Å². The molecule has 0 N–H and O–H groups in total. The summed E-state index contributed by atoms with van der Waals surface area (Å²) in [5.74, 6) is 0.866. The molecule has 1 aliphatic rings. The van der Waals surface area contributed by atoms with E-state index >= 15 is 0 Å². The molecule has 3 rings (SSSR count). The highest BCUT2D eigenvalue weighted by Crippen LogP contribution is 2.37. The molecule has 31 heavy (non-hydrogen) atoms. The fourth-order valence-corrected chi connectivity index (χ4v) is 3.48. The summed E-state index contributed by atoms with van der Waals surface area (Å²) in [6.07, 6.45) is 0.522. The van der Waals surface area contributed by atoms with Crippen LogP contribution in [-0.4, -0.2) is 69.0 Å². The van der Waals surface area contributed by atoms with Crippen LogP contribution in [0.25, 0.3) is 0 Å². The second kappa shape index (κ2) is 10.1. The summed E-state index contributed by atoms with van der Waals surface area (Å²) < 4.78 is 15.6.